The summed E-state index contributed by atoms with van der Waals surface area (Å²) in [5.41, 5.74) is 4.43. The Labute approximate surface area is 621 Å². The Balaban J connectivity index is -0.000000128. The number of nitrogens with two attached hydrogens (primary N) is 1. The molecule has 0 saturated carbocycles. The molecule has 7 N–H and O–H groups in total. The summed E-state index contributed by atoms with van der Waals surface area (Å²) in [5.74, 6) is -0.276. The van der Waals surface area contributed by atoms with Crippen LogP contribution in [0.15, 0.2) is 110 Å². The number of nitrogens with zero attached hydrogens (tertiary/aromatic N) is 9. The Bertz CT molecular complexity index is 2530. The van der Waals surface area contributed by atoms with Crippen LogP contribution in [0.5, 0.6) is 0 Å². The molecule has 0 saturated heterocycles. The molecule has 0 aromatic carbocycles. The van der Waals surface area contributed by atoms with E-state index in [1.807, 2.05) is 66.8 Å². The van der Waals surface area contributed by atoms with Gasteiger partial charge in [0.1, 0.15) is 16.8 Å². The minimum Gasteiger partial charge on any atom is -1.00 e. The van der Waals surface area contributed by atoms with Crippen LogP contribution >= 0.6 is 47.8 Å². The third-order valence-electron chi connectivity index (χ3n) is 6.86. The molecule has 0 radical (unpaired) electrons. The van der Waals surface area contributed by atoms with Crippen LogP contribution in [0.2, 0.25) is 0 Å². The number of carbonyl (C=O) groups excluding carboxylic acids is 3. The van der Waals surface area contributed by atoms with Crippen molar-refractivity contribution in [3.63, 3.8) is 0 Å². The first kappa shape index (κ1) is 91.6. The van der Waals surface area contributed by atoms with Crippen molar-refractivity contribution >= 4 is 93.5 Å². The molecule has 6 aromatic rings. The van der Waals surface area contributed by atoms with Crippen molar-refractivity contribution in [1.82, 2.24) is 44.7 Å². The first-order chi connectivity index (χ1) is 35.0. The molecular formula is C47H71Br3Cs2FN11O11S2Ti. The molecule has 0 amide bonds. The molecule has 0 bridgehead atoms. The van der Waals surface area contributed by atoms with E-state index in [-0.39, 0.29) is 221 Å². The van der Waals surface area contributed by atoms with Gasteiger partial charge in [-0.1, -0.05) is 0 Å². The molecule has 78 heavy (non-hydrogen) atoms. The van der Waals surface area contributed by atoms with E-state index in [1.54, 1.807) is 86.6 Å². The van der Waals surface area contributed by atoms with Gasteiger partial charge in [0.2, 0.25) is 0 Å². The zero-order chi connectivity index (χ0) is 58.7. The summed E-state index contributed by atoms with van der Waals surface area (Å²) in [4.78, 5) is 44.5. The second-order valence-corrected chi connectivity index (χ2v) is 21.9. The van der Waals surface area contributed by atoms with E-state index in [0.29, 0.717) is 21.3 Å². The molecule has 2 unspecified atom stereocenters. The molecule has 6 aromatic heterocycles. The number of pyridine rings is 3. The second-order valence-electron chi connectivity index (χ2n) is 15.4. The van der Waals surface area contributed by atoms with E-state index in [9.17, 15) is 22.4 Å². The maximum Gasteiger partial charge on any atom is 1.00 e. The van der Waals surface area contributed by atoms with Crippen LogP contribution in [0.25, 0.3) is 11.4 Å². The summed E-state index contributed by atoms with van der Waals surface area (Å²) in [6.07, 6.45) is 19.4. The van der Waals surface area contributed by atoms with Crippen molar-refractivity contribution in [3.05, 3.63) is 128 Å². The molecule has 0 aliphatic heterocycles. The molecule has 0 aliphatic carbocycles. The molecule has 0 spiro atoms. The molecular weight excluding hydrogens is 1530 g/mol. The maximum atomic E-state index is 12.1. The molecule has 0 aliphatic rings. The third-order valence-corrected chi connectivity index (χ3v) is 10.9. The molecule has 0 fully saturated rings. The number of nitrogens with one attached hydrogen (secondary N) is 1. The Morgan fingerprint density at radius 3 is 1.29 bits per heavy atom. The quantitative estimate of drug-likeness (QED) is 0.0325. The smallest absolute Gasteiger partial charge is 1.00 e. The van der Waals surface area contributed by atoms with E-state index in [2.05, 4.69) is 92.4 Å². The molecule has 2 atom stereocenters. The normalized spacial score (nSPS) is 10.4. The van der Waals surface area contributed by atoms with Crippen molar-refractivity contribution in [1.29, 1.82) is 0 Å². The van der Waals surface area contributed by atoms with Crippen LogP contribution in [-0.4, -0.2) is 133 Å². The Morgan fingerprint density at radius 2 is 1.05 bits per heavy atom. The third kappa shape index (κ3) is 50.3. The zero-order valence-electron chi connectivity index (χ0n) is 47.6. The first-order valence-electron chi connectivity index (χ1n) is 21.9. The number of aliphatic hydroxyl groups is 4. The summed E-state index contributed by atoms with van der Waals surface area (Å²) < 4.78 is 43.9. The number of carbonyl (C=O) groups is 3. The number of hydrogen-bond acceptors (Lipinski definition) is 17. The minimum absolute atomic E-state index is 0. The summed E-state index contributed by atoms with van der Waals surface area (Å²) in [6, 6.07) is 5.15. The number of rotatable bonds is 7. The van der Waals surface area contributed by atoms with Crippen molar-refractivity contribution < 1.29 is 219 Å². The van der Waals surface area contributed by atoms with Crippen molar-refractivity contribution in [2.75, 3.05) is 26.4 Å². The van der Waals surface area contributed by atoms with E-state index >= 15 is 0 Å². The van der Waals surface area contributed by atoms with Crippen LogP contribution in [0, 0.1) is 5.82 Å². The number of Topliss-reactive ketones (excluding diaryl/α,β-unsaturated/α-hetero) is 2. The topological polar surface area (TPSA) is 340 Å². The number of hydrogen-bond donors (Lipinski definition) is 6. The van der Waals surface area contributed by atoms with Gasteiger partial charge in [-0.25, -0.2) is 22.2 Å². The number of ketones is 2. The summed E-state index contributed by atoms with van der Waals surface area (Å²) >= 11 is 9.77. The fraction of sp³-hybridized carbons (Fsp3) is 0.404. The molecule has 22 nitrogen and oxygen atoms in total. The number of H-pyrrole nitrogens is 1. The molecule has 31 heteroatoms. The molecule has 6 heterocycles. The zero-order valence-corrected chi connectivity index (χ0v) is 67.2. The number of aliphatic hydroxyl groups excluding tert-OH is 4. The first-order valence-corrected chi connectivity index (χ1v) is 26.6. The van der Waals surface area contributed by atoms with E-state index in [4.69, 9.17) is 35.6 Å². The summed E-state index contributed by atoms with van der Waals surface area (Å²) in [6.45, 7) is 23.6. The fourth-order valence-corrected chi connectivity index (χ4v) is 5.16. The fourth-order valence-electron chi connectivity index (χ4n) is 3.49. The number of aromatic nitrogens is 9. The molecule has 426 valence electrons. The SMILES string of the molecule is CC(=NS(=O)C(C)(C)C)c1cnn(-c2cncc(Br)c2)c1.CC(=O)c1cn[nH]c1.CC(=O)c1cnn(-c2cncc(Br)c2)c1.CC(C)(C)S(N)=O.CCO.CCO.CCO.CCO.Fc1cncc(Br)c1.O=CO[O-].[Cs+].[Cs+].[H-].[Ti]. The minimum atomic E-state index is -1.28. The Hall–Kier alpha value is -0.192. The van der Waals surface area contributed by atoms with Gasteiger partial charge in [0.25, 0.3) is 6.47 Å². The number of aromatic amines is 1. The summed E-state index contributed by atoms with van der Waals surface area (Å²) in [7, 11) is -2.46. The standard InChI is InChI=1S/C14H17BrN4OS.C10H8BrN3O.C5H3BrFN.C5H6N2O.C4H11NOS.4C2H6O.CH2O3.2Cs.Ti.H/c1-10(18-21(20)14(2,3)4)11-6-17-19(9-11)13-5-12(15)7-16-8-13;1-7(15)8-3-13-14(6-8)10-2-9(11)4-12-5-10;6-4-1-5(7)3-8-2-4;1-4(8)5-2-6-7-3-5;1-4(2,3)7(5)6;4*1-2-3;2-1-4-3;;;;/h5-9H,1-4H3;2-6H,1H3;1-3H;2-3H,1H3,(H,6,7);5H2,1-3H3;4*3H,2H2,1H3;1,3H;;;;/q;;;;;;;;;;2*+1;;-1/p-1. The molecule has 6 rings (SSSR count). The van der Waals surface area contributed by atoms with Crippen LogP contribution in [0.3, 0.4) is 0 Å². The van der Waals surface area contributed by atoms with Gasteiger partial charge in [0.15, 0.2) is 11.6 Å². The van der Waals surface area contributed by atoms with E-state index < -0.39 is 22.0 Å². The van der Waals surface area contributed by atoms with Gasteiger partial charge in [-0.15, -0.1) is 0 Å². The van der Waals surface area contributed by atoms with Crippen LogP contribution in [0.1, 0.15) is 118 Å². The summed E-state index contributed by atoms with van der Waals surface area (Å²) in [5, 5.41) is 58.3. The van der Waals surface area contributed by atoms with Crippen molar-refractivity contribution in [2.45, 2.75) is 99.5 Å². The van der Waals surface area contributed by atoms with Crippen LogP contribution < -0.4 is 148 Å². The Kier molecular flexibility index (Phi) is 65.7. The average Bonchev–Trinajstić information content (AvgIpc) is 4.15. The van der Waals surface area contributed by atoms with Gasteiger partial charge in [-0.05, 0) is 156 Å². The number of halogens is 4. The van der Waals surface area contributed by atoms with Gasteiger partial charge < -0.3 is 32.0 Å². The van der Waals surface area contributed by atoms with Crippen LogP contribution in [-0.2, 0) is 53.4 Å². The van der Waals surface area contributed by atoms with Crippen molar-refractivity contribution in [2.24, 2.45) is 9.54 Å². The van der Waals surface area contributed by atoms with Gasteiger partial charge >= 0.3 is 138 Å². The van der Waals surface area contributed by atoms with Gasteiger partial charge in [0, 0.05) is 104 Å². The predicted octanol–water partition coefficient (Wildman–Crippen LogP) is 1.08. The van der Waals surface area contributed by atoms with Gasteiger partial charge in [-0.2, -0.15) is 19.7 Å². The second kappa shape index (κ2) is 56.0. The largest absolute Gasteiger partial charge is 1.00 e. The maximum absolute atomic E-state index is 12.1. The van der Waals surface area contributed by atoms with Crippen LogP contribution in [0.4, 0.5) is 4.39 Å². The van der Waals surface area contributed by atoms with E-state index in [0.717, 1.165) is 32.1 Å². The van der Waals surface area contributed by atoms with Gasteiger partial charge in [-0.3, -0.25) is 39.6 Å². The predicted molar refractivity (Wildman–Crippen MR) is 300 cm³/mol. The average molecular weight is 1600 g/mol. The van der Waals surface area contributed by atoms with E-state index in [1.165, 1.54) is 32.3 Å². The van der Waals surface area contributed by atoms with Crippen molar-refractivity contribution in [3.8, 4) is 11.4 Å². The Morgan fingerprint density at radius 1 is 0.705 bits per heavy atom. The monoisotopic (exact) mass is 1600 g/mol. The van der Waals surface area contributed by atoms with Gasteiger partial charge in [0.05, 0.1) is 85.9 Å².